The van der Waals surface area contributed by atoms with E-state index in [0.717, 1.165) is 0 Å². The van der Waals surface area contributed by atoms with Crippen LogP contribution in [0.3, 0.4) is 0 Å². The van der Waals surface area contributed by atoms with E-state index in [-0.39, 0.29) is 12.8 Å². The standard InChI is InChI=1S/C8H11F3O2/c9-8(10,11)6-4-2-1-3-5(6)7(12)13/h5-6H,1-4H2,(H,12,13)/t5-,6+/m1/s1. The maximum atomic E-state index is 12.3. The number of alkyl halides is 3. The Morgan fingerprint density at radius 3 is 2.15 bits per heavy atom. The largest absolute Gasteiger partial charge is 0.481 e. The molecular weight excluding hydrogens is 185 g/mol. The fourth-order valence-corrected chi connectivity index (χ4v) is 1.82. The Labute approximate surface area is 73.7 Å². The molecule has 0 aliphatic heterocycles. The zero-order chi connectivity index (χ0) is 10.1. The van der Waals surface area contributed by atoms with Crippen molar-refractivity contribution in [2.45, 2.75) is 31.9 Å². The molecule has 2 nitrogen and oxygen atoms in total. The van der Waals surface area contributed by atoms with E-state index in [2.05, 4.69) is 0 Å². The van der Waals surface area contributed by atoms with E-state index in [1.807, 2.05) is 0 Å². The molecule has 0 radical (unpaired) electrons. The van der Waals surface area contributed by atoms with Gasteiger partial charge in [0.05, 0.1) is 11.8 Å². The molecule has 1 saturated carbocycles. The third-order valence-corrected chi connectivity index (χ3v) is 2.50. The van der Waals surface area contributed by atoms with Crippen molar-refractivity contribution in [1.29, 1.82) is 0 Å². The topological polar surface area (TPSA) is 37.3 Å². The average molecular weight is 196 g/mol. The maximum absolute atomic E-state index is 12.3. The Bertz CT molecular complexity index is 200. The number of hydrogen-bond acceptors (Lipinski definition) is 1. The van der Waals surface area contributed by atoms with Gasteiger partial charge in [-0.15, -0.1) is 0 Å². The van der Waals surface area contributed by atoms with Gasteiger partial charge in [0, 0.05) is 0 Å². The van der Waals surface area contributed by atoms with Gasteiger partial charge in [-0.1, -0.05) is 12.8 Å². The first-order chi connectivity index (χ1) is 5.93. The summed E-state index contributed by atoms with van der Waals surface area (Å²) in [7, 11) is 0. The summed E-state index contributed by atoms with van der Waals surface area (Å²) in [6.07, 6.45) is -3.18. The minimum atomic E-state index is -4.36. The first-order valence-electron chi connectivity index (χ1n) is 4.22. The van der Waals surface area contributed by atoms with E-state index < -0.39 is 24.0 Å². The van der Waals surface area contributed by atoms with Crippen molar-refractivity contribution < 1.29 is 23.1 Å². The minimum absolute atomic E-state index is 0.0412. The Balaban J connectivity index is 2.73. The molecule has 0 aromatic heterocycles. The summed E-state index contributed by atoms with van der Waals surface area (Å²) in [5.41, 5.74) is 0. The molecule has 0 unspecified atom stereocenters. The van der Waals surface area contributed by atoms with Crippen molar-refractivity contribution in [3.05, 3.63) is 0 Å². The second-order valence-corrected chi connectivity index (χ2v) is 3.38. The van der Waals surface area contributed by atoms with Crippen LogP contribution in [-0.4, -0.2) is 17.3 Å². The number of hydrogen-bond donors (Lipinski definition) is 1. The van der Waals surface area contributed by atoms with Gasteiger partial charge in [-0.2, -0.15) is 13.2 Å². The highest BCUT2D eigenvalue weighted by Gasteiger charge is 2.48. The van der Waals surface area contributed by atoms with Crippen LogP contribution >= 0.6 is 0 Å². The molecule has 0 heterocycles. The van der Waals surface area contributed by atoms with Crippen molar-refractivity contribution in [2.24, 2.45) is 11.8 Å². The van der Waals surface area contributed by atoms with Gasteiger partial charge in [-0.3, -0.25) is 4.79 Å². The smallest absolute Gasteiger partial charge is 0.392 e. The molecule has 0 aromatic rings. The fourth-order valence-electron chi connectivity index (χ4n) is 1.82. The van der Waals surface area contributed by atoms with Crippen LogP contribution in [0.5, 0.6) is 0 Å². The van der Waals surface area contributed by atoms with Gasteiger partial charge < -0.3 is 5.11 Å². The second kappa shape index (κ2) is 3.55. The molecule has 0 bridgehead atoms. The van der Waals surface area contributed by atoms with E-state index >= 15 is 0 Å². The molecular formula is C8H11F3O2. The van der Waals surface area contributed by atoms with Crippen LogP contribution in [0, 0.1) is 11.8 Å². The van der Waals surface area contributed by atoms with Gasteiger partial charge in [-0.25, -0.2) is 0 Å². The second-order valence-electron chi connectivity index (χ2n) is 3.38. The van der Waals surface area contributed by atoms with E-state index in [9.17, 15) is 18.0 Å². The van der Waals surface area contributed by atoms with E-state index in [1.54, 1.807) is 0 Å². The van der Waals surface area contributed by atoms with Crippen molar-refractivity contribution in [1.82, 2.24) is 0 Å². The van der Waals surface area contributed by atoms with Crippen LogP contribution in [0.2, 0.25) is 0 Å². The molecule has 1 aliphatic carbocycles. The Morgan fingerprint density at radius 2 is 1.77 bits per heavy atom. The molecule has 0 saturated heterocycles. The highest BCUT2D eigenvalue weighted by Crippen LogP contribution is 2.41. The number of carboxylic acid groups (broad SMARTS) is 1. The minimum Gasteiger partial charge on any atom is -0.481 e. The molecule has 2 atom stereocenters. The van der Waals surface area contributed by atoms with Crippen molar-refractivity contribution >= 4 is 5.97 Å². The van der Waals surface area contributed by atoms with Crippen LogP contribution in [0.25, 0.3) is 0 Å². The van der Waals surface area contributed by atoms with E-state index in [0.29, 0.717) is 12.8 Å². The Hall–Kier alpha value is -0.740. The lowest BCUT2D eigenvalue weighted by molar-refractivity contribution is -0.203. The summed E-state index contributed by atoms with van der Waals surface area (Å²) >= 11 is 0. The molecule has 1 fully saturated rings. The monoisotopic (exact) mass is 196 g/mol. The number of aliphatic carboxylic acids is 1. The zero-order valence-electron chi connectivity index (χ0n) is 6.97. The van der Waals surface area contributed by atoms with E-state index in [4.69, 9.17) is 5.11 Å². The van der Waals surface area contributed by atoms with E-state index in [1.165, 1.54) is 0 Å². The summed E-state index contributed by atoms with van der Waals surface area (Å²) in [6.45, 7) is 0. The molecule has 76 valence electrons. The SMILES string of the molecule is O=C(O)[C@@H]1CCCC[C@@H]1C(F)(F)F. The van der Waals surface area contributed by atoms with Crippen molar-refractivity contribution in [3.63, 3.8) is 0 Å². The highest BCUT2D eigenvalue weighted by molar-refractivity contribution is 5.70. The van der Waals surface area contributed by atoms with Gasteiger partial charge in [-0.05, 0) is 12.8 Å². The first kappa shape index (κ1) is 10.3. The summed E-state index contributed by atoms with van der Waals surface area (Å²) in [4.78, 5) is 10.5. The van der Waals surface area contributed by atoms with Gasteiger partial charge in [0.2, 0.25) is 0 Å². The average Bonchev–Trinajstić information content (AvgIpc) is 2.03. The number of halogens is 3. The normalized spacial score (nSPS) is 30.1. The summed E-state index contributed by atoms with van der Waals surface area (Å²) < 4.78 is 36.9. The number of carbonyl (C=O) groups is 1. The molecule has 1 aliphatic rings. The predicted octanol–water partition coefficient (Wildman–Crippen LogP) is 2.44. The van der Waals surface area contributed by atoms with Gasteiger partial charge >= 0.3 is 12.1 Å². The van der Waals surface area contributed by atoms with Crippen molar-refractivity contribution in [2.75, 3.05) is 0 Å². The van der Waals surface area contributed by atoms with Gasteiger partial charge in [0.1, 0.15) is 0 Å². The molecule has 1 rings (SSSR count). The Kier molecular flexibility index (Phi) is 2.83. The van der Waals surface area contributed by atoms with Crippen LogP contribution in [0.15, 0.2) is 0 Å². The van der Waals surface area contributed by atoms with Crippen LogP contribution < -0.4 is 0 Å². The van der Waals surface area contributed by atoms with Crippen LogP contribution in [0.1, 0.15) is 25.7 Å². The fraction of sp³-hybridized carbons (Fsp3) is 0.875. The third kappa shape index (κ3) is 2.35. The first-order valence-corrected chi connectivity index (χ1v) is 4.22. The lowest BCUT2D eigenvalue weighted by Gasteiger charge is -2.29. The number of rotatable bonds is 1. The summed E-state index contributed by atoms with van der Waals surface area (Å²) in [5.74, 6) is -4.19. The third-order valence-electron chi connectivity index (χ3n) is 2.50. The number of carboxylic acids is 1. The molecule has 0 amide bonds. The lowest BCUT2D eigenvalue weighted by atomic mass is 9.79. The molecule has 5 heteroatoms. The summed E-state index contributed by atoms with van der Waals surface area (Å²) in [5, 5.41) is 8.57. The Morgan fingerprint density at radius 1 is 1.23 bits per heavy atom. The van der Waals surface area contributed by atoms with Gasteiger partial charge in [0.25, 0.3) is 0 Å². The van der Waals surface area contributed by atoms with Crippen LogP contribution in [-0.2, 0) is 4.79 Å². The zero-order valence-corrected chi connectivity index (χ0v) is 6.97. The molecule has 0 aromatic carbocycles. The molecule has 0 spiro atoms. The van der Waals surface area contributed by atoms with Crippen LogP contribution in [0.4, 0.5) is 13.2 Å². The summed E-state index contributed by atoms with van der Waals surface area (Å²) in [6, 6.07) is 0. The predicted molar refractivity (Wildman–Crippen MR) is 39.1 cm³/mol. The highest BCUT2D eigenvalue weighted by atomic mass is 19.4. The quantitative estimate of drug-likeness (QED) is 0.699. The van der Waals surface area contributed by atoms with Gasteiger partial charge in [0.15, 0.2) is 0 Å². The molecule has 1 N–H and O–H groups in total. The maximum Gasteiger partial charge on any atom is 0.392 e. The lowest BCUT2D eigenvalue weighted by Crippen LogP contribution is -2.37. The van der Waals surface area contributed by atoms with Crippen molar-refractivity contribution in [3.8, 4) is 0 Å². The molecule has 13 heavy (non-hydrogen) atoms.